The van der Waals surface area contributed by atoms with Crippen molar-refractivity contribution in [3.05, 3.63) is 129 Å². The smallest absolute Gasteiger partial charge is 0.339 e. The van der Waals surface area contributed by atoms with Gasteiger partial charge in [0.25, 0.3) is 17.3 Å². The lowest BCUT2D eigenvalue weighted by Crippen LogP contribution is -2.29. The fraction of sp³-hybridized carbons (Fsp3) is 0.339. The molecule has 0 amide bonds. The van der Waals surface area contributed by atoms with Gasteiger partial charge in [0.05, 0.1) is 63.4 Å². The number of carboxylic acid groups (broad SMARTS) is 1. The number of aromatic carboxylic acids is 1. The Hall–Kier alpha value is -9.75. The van der Waals surface area contributed by atoms with Gasteiger partial charge in [-0.05, 0) is 65.0 Å². The fourth-order valence-corrected chi connectivity index (χ4v) is 10.5. The van der Waals surface area contributed by atoms with E-state index in [0.29, 0.717) is 70.9 Å². The second kappa shape index (κ2) is 25.6. The molecule has 2 aliphatic heterocycles. The van der Waals surface area contributed by atoms with E-state index in [2.05, 4.69) is 75.4 Å². The molecule has 0 atom stereocenters. The topological polar surface area (TPSA) is 279 Å². The van der Waals surface area contributed by atoms with Gasteiger partial charge in [-0.3, -0.25) is 20.2 Å². The van der Waals surface area contributed by atoms with Crippen molar-refractivity contribution < 1.29 is 33.6 Å². The Bertz CT molecular complexity index is 3880. The molecule has 0 unspecified atom stereocenters. The molecule has 3 N–H and O–H groups in total. The Morgan fingerprint density at radius 3 is 1.60 bits per heavy atom. The van der Waals surface area contributed by atoms with Gasteiger partial charge in [0.1, 0.15) is 28.4 Å². The second-order valence-electron chi connectivity index (χ2n) is 20.6. The third-order valence-electron chi connectivity index (χ3n) is 14.6. The normalized spacial score (nSPS) is 12.3. The lowest BCUT2D eigenvalue weighted by molar-refractivity contribution is -0.384. The van der Waals surface area contributed by atoms with E-state index in [1.807, 2.05) is 68.3 Å². The molecule has 0 saturated heterocycles. The lowest BCUT2D eigenvalue weighted by Gasteiger charge is -2.22. The minimum absolute atomic E-state index is 0. The van der Waals surface area contributed by atoms with E-state index in [9.17, 15) is 30.1 Å². The summed E-state index contributed by atoms with van der Waals surface area (Å²) in [6, 6.07) is 18.4. The monoisotopic (exact) mass is 1150 g/mol. The summed E-state index contributed by atoms with van der Waals surface area (Å²) in [5.41, 5.74) is 9.14. The van der Waals surface area contributed by atoms with Crippen molar-refractivity contribution in [1.82, 2.24) is 49.1 Å². The highest BCUT2D eigenvalue weighted by Crippen LogP contribution is 2.43. The van der Waals surface area contributed by atoms with E-state index >= 15 is 0 Å². The zero-order chi connectivity index (χ0) is 57.9. The molecule has 11 rings (SSSR count). The first-order valence-corrected chi connectivity index (χ1v) is 26.5. The number of nitrogens with zero attached hydrogens (tertiary/aromatic N) is 14. The van der Waals surface area contributed by atoms with Gasteiger partial charge in [0.2, 0.25) is 18.3 Å². The van der Waals surface area contributed by atoms with Crippen LogP contribution in [0.25, 0.3) is 55.8 Å². The minimum Gasteiger partial charge on any atom is -0.494 e. The molecule has 440 valence electrons. The van der Waals surface area contributed by atoms with E-state index in [1.165, 1.54) is 55.6 Å². The second-order valence-corrected chi connectivity index (χ2v) is 20.6. The third-order valence-corrected chi connectivity index (χ3v) is 14.6. The van der Waals surface area contributed by atoms with Gasteiger partial charge < -0.3 is 58.4 Å². The van der Waals surface area contributed by atoms with Crippen molar-refractivity contribution in [2.24, 2.45) is 0 Å². The van der Waals surface area contributed by atoms with Crippen LogP contribution in [0.2, 0.25) is 0 Å². The number of carbonyl (C=O) groups is 1. The zero-order valence-electron chi connectivity index (χ0n) is 46.7. The number of nitro benzene ring substituents is 2. The molecule has 7 heterocycles. The lowest BCUT2D eigenvalue weighted by atomic mass is 10.0. The summed E-state index contributed by atoms with van der Waals surface area (Å²) in [7, 11) is 14.4. The van der Waals surface area contributed by atoms with Crippen LogP contribution in [0.3, 0.4) is 0 Å². The number of carboxylic acids is 1. The van der Waals surface area contributed by atoms with Crippen molar-refractivity contribution in [3.8, 4) is 45.5 Å². The molecule has 0 fully saturated rings. The molecule has 25 heteroatoms. The first-order valence-electron chi connectivity index (χ1n) is 26.5. The highest BCUT2D eigenvalue weighted by molar-refractivity contribution is 6.04. The molecule has 9 aromatic rings. The molecule has 0 radical (unpaired) electrons. The van der Waals surface area contributed by atoms with Gasteiger partial charge in [-0.1, -0.05) is 51.3 Å². The molecule has 0 saturated carbocycles. The summed E-state index contributed by atoms with van der Waals surface area (Å²) in [6.45, 7) is 4.36. The quantitative estimate of drug-likeness (QED) is 0.0472. The number of hydrogen-bond acceptors (Lipinski definition) is 20. The average molecular weight is 1150 g/mol. The van der Waals surface area contributed by atoms with Crippen molar-refractivity contribution in [3.63, 3.8) is 0 Å². The van der Waals surface area contributed by atoms with Crippen LogP contribution in [0.4, 0.5) is 46.0 Å². The number of likely N-dealkylation sites (N-methyl/N-ethyl adjacent to an activating group) is 4. The van der Waals surface area contributed by atoms with Crippen LogP contribution in [0.5, 0.6) is 11.5 Å². The van der Waals surface area contributed by atoms with Crippen LogP contribution in [-0.2, 0) is 25.9 Å². The van der Waals surface area contributed by atoms with E-state index in [0.717, 1.165) is 67.2 Å². The molecule has 5 aromatic heterocycles. The predicted molar refractivity (Wildman–Crippen MR) is 326 cm³/mol. The van der Waals surface area contributed by atoms with Gasteiger partial charge in [-0.2, -0.15) is 0 Å². The Morgan fingerprint density at radius 1 is 0.679 bits per heavy atom. The predicted octanol–water partition coefficient (Wildman–Crippen LogP) is 10.4. The number of rotatable bonds is 20. The number of nitro groups is 2. The van der Waals surface area contributed by atoms with Crippen molar-refractivity contribution in [2.45, 2.75) is 53.6 Å². The maximum Gasteiger partial charge on any atom is 0.339 e. The number of nitrogens with one attached hydrogen (secondary N) is 2. The summed E-state index contributed by atoms with van der Waals surface area (Å²) >= 11 is 0. The average Bonchev–Trinajstić information content (AvgIpc) is 1.80. The summed E-state index contributed by atoms with van der Waals surface area (Å²) in [4.78, 5) is 61.3. The van der Waals surface area contributed by atoms with E-state index in [4.69, 9.17) is 18.9 Å². The number of hydrogen-bond donors (Lipinski definition) is 3. The van der Waals surface area contributed by atoms with E-state index < -0.39 is 15.8 Å². The first-order chi connectivity index (χ1) is 39.5. The minimum atomic E-state index is -1.15. The van der Waals surface area contributed by atoms with Crippen molar-refractivity contribution in [2.75, 3.05) is 103 Å². The van der Waals surface area contributed by atoms with Crippen LogP contribution < -0.4 is 29.9 Å². The van der Waals surface area contributed by atoms with Crippen molar-refractivity contribution >= 4 is 73.8 Å². The molecule has 0 spiro atoms. The Balaban J connectivity index is 0.000000214. The molecule has 4 aromatic carbocycles. The molecule has 84 heavy (non-hydrogen) atoms. The Morgan fingerprint density at radius 2 is 1.15 bits per heavy atom. The maximum absolute atomic E-state index is 12.2. The highest BCUT2D eigenvalue weighted by Gasteiger charge is 2.28. The summed E-state index contributed by atoms with van der Waals surface area (Å²) < 4.78 is 21.2. The number of aromatic nitrogens is 8. The number of aryl methyl sites for hydroxylation is 4. The molecule has 2 aliphatic rings. The highest BCUT2D eigenvalue weighted by atomic mass is 16.6. The van der Waals surface area contributed by atoms with Gasteiger partial charge in [-0.15, -0.1) is 10.2 Å². The number of ether oxygens (including phenoxy) is 2. The number of methoxy groups -OCH3 is 2. The largest absolute Gasteiger partial charge is 0.494 e. The van der Waals surface area contributed by atoms with Crippen molar-refractivity contribution in [1.29, 1.82) is 0 Å². The van der Waals surface area contributed by atoms with Crippen LogP contribution >= 0.6 is 0 Å². The SMILES string of the molecule is C.C.COc1cc(N(C)CCN(C)C)c([N+](=O)[O-])cc1Nc1ncc(-c2nnco2)c(-c2cn3c4c(cccc24)CCC3)n1.COc1cc(N(C)CCN(C)C)c([N+](=O)[O-])cc1Nc1ncc(C(=O)O)c(-c2cn3c4c(cccc24)CCC3)n1. The van der Waals surface area contributed by atoms with Gasteiger partial charge in [-0.25, -0.2) is 24.7 Å². The van der Waals surface area contributed by atoms with Crippen LogP contribution in [0.1, 0.15) is 49.2 Å². The number of anilines is 6. The zero-order valence-corrected chi connectivity index (χ0v) is 46.7. The van der Waals surface area contributed by atoms with Gasteiger partial charge in [0.15, 0.2) is 0 Å². The van der Waals surface area contributed by atoms with E-state index in [-0.39, 0.29) is 55.1 Å². The summed E-state index contributed by atoms with van der Waals surface area (Å²) in [5.74, 6) is 0.255. The molecule has 0 bridgehead atoms. The standard InChI is InChI=1S/C29H31N9O4.C28H31N7O5.2CH4/c1-35(2)11-12-36(3)23-14-25(41-4)22(13-24(23)38(39)40)32-29-30-15-20(28-34-31-17-42-28)26(33-29)21-16-37-10-6-8-18-7-5-9-19(21)27(18)37;1-32(2)11-12-33(3)22-14-24(40-4)21(13-23(22)35(38)39)30-28-29-15-19(27(36)37)25(31-28)20-16-34-10-6-8-17-7-5-9-18(20)26(17)34;;/h5,7,9,13-17H,6,8,10-12H2,1-4H3,(H,30,32,33);5,7,9,13-16H,6,8,10-12H2,1-4H3,(H,36,37)(H,29,30,31);2*1H4. The van der Waals surface area contributed by atoms with Crippen LogP contribution in [0.15, 0.2) is 96.3 Å². The Kier molecular flexibility index (Phi) is 18.4. The summed E-state index contributed by atoms with van der Waals surface area (Å²) in [5, 5.41) is 50.2. The number of benzene rings is 4. The summed E-state index contributed by atoms with van der Waals surface area (Å²) in [6.07, 6.45) is 12.2. The van der Waals surface area contributed by atoms with Gasteiger partial charge in [0, 0.05) is 124 Å². The molecule has 25 nitrogen and oxygen atoms in total. The van der Waals surface area contributed by atoms with Gasteiger partial charge >= 0.3 is 5.97 Å². The van der Waals surface area contributed by atoms with Crippen LogP contribution in [-0.4, -0.2) is 153 Å². The molecular weight excluding hydrogens is 1080 g/mol. The molecule has 0 aliphatic carbocycles. The fourth-order valence-electron chi connectivity index (χ4n) is 10.5. The van der Waals surface area contributed by atoms with E-state index in [1.54, 1.807) is 30.3 Å². The molecular formula is C59H70N16O9. The third kappa shape index (κ3) is 12.2. The first kappa shape index (κ1) is 60.3. The van der Waals surface area contributed by atoms with Crippen LogP contribution in [0, 0.1) is 20.2 Å². The Labute approximate surface area is 485 Å². The number of para-hydroxylation sites is 2. The maximum atomic E-state index is 12.2.